The Morgan fingerprint density at radius 3 is 2.31 bits per heavy atom. The molecule has 1 aromatic heterocycles. The van der Waals surface area contributed by atoms with Gasteiger partial charge in [0, 0.05) is 12.1 Å². The number of alkyl halides is 2. The molecule has 13 nitrogen and oxygen atoms in total. The number of sulfonamides is 1. The highest BCUT2D eigenvalue weighted by Gasteiger charge is 2.54. The number of halogens is 4. The number of hydrogen-bond donors (Lipinski definition) is 3. The first-order chi connectivity index (χ1) is 23.3. The number of carbonyl (C=O) groups is 1. The number of nitrogens with zero attached hydrogens (tertiary/aromatic N) is 2. The van der Waals surface area contributed by atoms with Gasteiger partial charge in [-0.15, -0.1) is 0 Å². The Bertz CT molecular complexity index is 2130. The minimum absolute atomic E-state index is 0.00935. The molecule has 2 saturated carbocycles. The number of rotatable bonds is 13. The van der Waals surface area contributed by atoms with E-state index in [4.69, 9.17) is 37.4 Å². The normalized spacial score (nSPS) is 15.1. The summed E-state index contributed by atoms with van der Waals surface area (Å²) < 4.78 is 74.3. The quantitative estimate of drug-likeness (QED) is 0.177. The molecule has 6 rings (SSSR count). The molecular weight excluding hydrogens is 711 g/mol. The van der Waals surface area contributed by atoms with Crippen LogP contribution in [0, 0.1) is 0 Å². The van der Waals surface area contributed by atoms with Crippen molar-refractivity contribution in [3.63, 3.8) is 0 Å². The van der Waals surface area contributed by atoms with Crippen LogP contribution in [0.5, 0.6) is 23.0 Å². The molecule has 0 aliphatic heterocycles. The van der Waals surface area contributed by atoms with Crippen LogP contribution in [-0.2, 0) is 21.4 Å². The van der Waals surface area contributed by atoms with Crippen LogP contribution < -0.4 is 35.5 Å². The lowest BCUT2D eigenvalue weighted by atomic mass is 10.2. The molecule has 2 fully saturated rings. The summed E-state index contributed by atoms with van der Waals surface area (Å²) in [4.78, 5) is 38.4. The monoisotopic (exact) mass is 737 g/mol. The molecule has 2 aliphatic carbocycles. The van der Waals surface area contributed by atoms with Gasteiger partial charge in [-0.1, -0.05) is 35.3 Å². The van der Waals surface area contributed by atoms with E-state index >= 15 is 0 Å². The predicted molar refractivity (Wildman–Crippen MR) is 173 cm³/mol. The van der Waals surface area contributed by atoms with Crippen molar-refractivity contribution in [2.75, 3.05) is 7.11 Å². The standard InChI is InChI=1S/C31H27Cl2F2N5O8S/c1-46-19-6-2-16(3-7-19)15-47-23-9-8-20(14-24(23)49(44,45)39-31(10-11-31)29(42)36-17-4-5-17)48-26-21(32)12-18(13-22(26)33)40-30(43)37-28(41)25(38-40)27(34)35/h2-3,6-9,12-14,17,27,39H,4-5,10-11,15H2,1H3,(H,36,42)(H,37,41,43). The maximum absolute atomic E-state index is 13.9. The van der Waals surface area contributed by atoms with E-state index in [-0.39, 0.29) is 50.5 Å². The number of methoxy groups -OCH3 is 1. The Morgan fingerprint density at radius 1 is 1.06 bits per heavy atom. The summed E-state index contributed by atoms with van der Waals surface area (Å²) in [5, 5.41) is 5.85. The van der Waals surface area contributed by atoms with Gasteiger partial charge in [-0.2, -0.15) is 14.5 Å². The van der Waals surface area contributed by atoms with Gasteiger partial charge in [0.2, 0.25) is 15.9 Å². The summed E-state index contributed by atoms with van der Waals surface area (Å²) in [5.74, 6) is -0.0473. The van der Waals surface area contributed by atoms with Crippen LogP contribution in [0.3, 0.4) is 0 Å². The summed E-state index contributed by atoms with van der Waals surface area (Å²) in [5.41, 5.74) is -4.41. The fourth-order valence-electron chi connectivity index (χ4n) is 4.74. The second-order valence-electron chi connectivity index (χ2n) is 11.4. The molecule has 0 bridgehead atoms. The number of amides is 1. The van der Waals surface area contributed by atoms with E-state index in [1.54, 1.807) is 29.2 Å². The highest BCUT2D eigenvalue weighted by atomic mass is 35.5. The van der Waals surface area contributed by atoms with Crippen molar-refractivity contribution in [3.05, 3.63) is 96.7 Å². The summed E-state index contributed by atoms with van der Waals surface area (Å²) in [6.45, 7) is -0.00935. The molecule has 0 saturated heterocycles. The van der Waals surface area contributed by atoms with E-state index < -0.39 is 44.8 Å². The smallest absolute Gasteiger partial charge is 0.349 e. The van der Waals surface area contributed by atoms with Crippen molar-refractivity contribution < 1.29 is 36.2 Å². The van der Waals surface area contributed by atoms with Crippen molar-refractivity contribution >= 4 is 39.1 Å². The average molecular weight is 739 g/mol. The van der Waals surface area contributed by atoms with Gasteiger partial charge in [0.15, 0.2) is 11.4 Å². The lowest BCUT2D eigenvalue weighted by molar-refractivity contribution is -0.123. The fraction of sp³-hybridized carbons (Fsp3) is 0.290. The largest absolute Gasteiger partial charge is 0.497 e. The SMILES string of the molecule is COc1ccc(COc2ccc(Oc3c(Cl)cc(-n4nc(C(F)F)c(=O)[nH]c4=O)cc3Cl)cc2S(=O)(=O)NC2(C(=O)NC3CC3)CC2)cc1. The number of carbonyl (C=O) groups excluding carboxylic acids is 1. The summed E-state index contributed by atoms with van der Waals surface area (Å²) in [6.07, 6.45) is -0.981. The summed E-state index contributed by atoms with van der Waals surface area (Å²) in [7, 11) is -2.87. The van der Waals surface area contributed by atoms with Crippen LogP contribution in [0.4, 0.5) is 8.78 Å². The molecule has 2 aliphatic rings. The molecule has 3 aromatic carbocycles. The Hall–Kier alpha value is -4.51. The van der Waals surface area contributed by atoms with Crippen molar-refractivity contribution in [2.45, 2.75) is 55.2 Å². The molecule has 18 heteroatoms. The van der Waals surface area contributed by atoms with Crippen molar-refractivity contribution in [1.82, 2.24) is 24.8 Å². The summed E-state index contributed by atoms with van der Waals surface area (Å²) >= 11 is 12.8. The van der Waals surface area contributed by atoms with Crippen LogP contribution in [0.15, 0.2) is 69.1 Å². The van der Waals surface area contributed by atoms with Crippen LogP contribution in [0.2, 0.25) is 10.0 Å². The van der Waals surface area contributed by atoms with Gasteiger partial charge >= 0.3 is 5.69 Å². The number of ether oxygens (including phenoxy) is 3. The van der Waals surface area contributed by atoms with E-state index in [1.165, 1.54) is 25.3 Å². The van der Waals surface area contributed by atoms with Gasteiger partial charge in [-0.3, -0.25) is 14.6 Å². The molecule has 258 valence electrons. The Labute approximate surface area is 287 Å². The van der Waals surface area contributed by atoms with Gasteiger partial charge in [-0.05, 0) is 67.6 Å². The van der Waals surface area contributed by atoms with Crippen LogP contribution in [0.25, 0.3) is 5.69 Å². The Balaban J connectivity index is 1.32. The molecule has 1 amide bonds. The third-order valence-corrected chi connectivity index (χ3v) is 9.81. The fourth-order valence-corrected chi connectivity index (χ4v) is 6.88. The van der Waals surface area contributed by atoms with Crippen molar-refractivity contribution in [3.8, 4) is 28.7 Å². The second-order valence-corrected chi connectivity index (χ2v) is 13.8. The van der Waals surface area contributed by atoms with E-state index in [0.29, 0.717) is 23.3 Å². The molecule has 0 atom stereocenters. The second kappa shape index (κ2) is 13.4. The van der Waals surface area contributed by atoms with Crippen LogP contribution in [0.1, 0.15) is 43.4 Å². The molecule has 49 heavy (non-hydrogen) atoms. The van der Waals surface area contributed by atoms with E-state index in [1.807, 2.05) is 0 Å². The average Bonchev–Trinajstić information content (AvgIpc) is 4.00. The summed E-state index contributed by atoms with van der Waals surface area (Å²) in [6, 6.07) is 13.2. The number of nitrogens with one attached hydrogen (secondary N) is 3. The minimum Gasteiger partial charge on any atom is -0.497 e. The first-order valence-electron chi connectivity index (χ1n) is 14.7. The number of H-pyrrole nitrogens is 1. The van der Waals surface area contributed by atoms with Crippen LogP contribution in [-0.4, -0.2) is 47.8 Å². The molecule has 4 aromatic rings. The van der Waals surface area contributed by atoms with Gasteiger partial charge < -0.3 is 19.5 Å². The zero-order valence-corrected chi connectivity index (χ0v) is 27.8. The lowest BCUT2D eigenvalue weighted by Gasteiger charge is -2.20. The molecule has 1 heterocycles. The van der Waals surface area contributed by atoms with Crippen molar-refractivity contribution in [2.24, 2.45) is 0 Å². The Kier molecular flexibility index (Phi) is 9.41. The van der Waals surface area contributed by atoms with Gasteiger partial charge in [0.25, 0.3) is 12.0 Å². The van der Waals surface area contributed by atoms with Gasteiger partial charge in [-0.25, -0.2) is 22.0 Å². The third-order valence-electron chi connectivity index (χ3n) is 7.69. The third kappa shape index (κ3) is 7.56. The molecular formula is C31H27Cl2F2N5O8S. The topological polar surface area (TPSA) is 171 Å². The first kappa shape index (κ1) is 34.4. The number of aromatic nitrogens is 3. The lowest BCUT2D eigenvalue weighted by Crippen LogP contribution is -2.49. The zero-order chi connectivity index (χ0) is 35.1. The minimum atomic E-state index is -4.40. The Morgan fingerprint density at radius 2 is 1.71 bits per heavy atom. The van der Waals surface area contributed by atoms with E-state index in [9.17, 15) is 31.6 Å². The van der Waals surface area contributed by atoms with E-state index in [2.05, 4.69) is 15.1 Å². The molecule has 3 N–H and O–H groups in total. The highest BCUT2D eigenvalue weighted by molar-refractivity contribution is 7.89. The number of benzene rings is 3. The van der Waals surface area contributed by atoms with Crippen molar-refractivity contribution in [1.29, 1.82) is 0 Å². The molecule has 0 unspecified atom stereocenters. The van der Waals surface area contributed by atoms with Crippen LogP contribution >= 0.6 is 23.2 Å². The maximum Gasteiger partial charge on any atom is 0.349 e. The number of aromatic amines is 1. The molecule has 0 radical (unpaired) electrons. The highest BCUT2D eigenvalue weighted by Crippen LogP contribution is 2.42. The van der Waals surface area contributed by atoms with Gasteiger partial charge in [0.1, 0.15) is 34.3 Å². The number of hydrogen-bond acceptors (Lipinski definition) is 9. The predicted octanol–water partition coefficient (Wildman–Crippen LogP) is 4.63. The first-order valence-corrected chi connectivity index (χ1v) is 17.0. The molecule has 0 spiro atoms. The maximum atomic E-state index is 13.9. The van der Waals surface area contributed by atoms with E-state index in [0.717, 1.165) is 30.5 Å². The zero-order valence-electron chi connectivity index (χ0n) is 25.5. The van der Waals surface area contributed by atoms with Gasteiger partial charge in [0.05, 0.1) is 22.8 Å².